The van der Waals surface area contributed by atoms with Gasteiger partial charge in [0, 0.05) is 13.5 Å². The van der Waals surface area contributed by atoms with Gasteiger partial charge in [0.25, 0.3) is 0 Å². The summed E-state index contributed by atoms with van der Waals surface area (Å²) in [5.41, 5.74) is 0. The van der Waals surface area contributed by atoms with Crippen molar-refractivity contribution in [2.24, 2.45) is 0 Å². The highest BCUT2D eigenvalue weighted by Crippen LogP contribution is 2.43. The first-order valence-electron chi connectivity index (χ1n) is 17.3. The molecule has 45 heavy (non-hydrogen) atoms. The number of hydrogen-bond donors (Lipinski definition) is 1. The Hall–Kier alpha value is -1.54. The van der Waals surface area contributed by atoms with Crippen LogP contribution in [0.1, 0.15) is 117 Å². The fourth-order valence-electron chi connectivity index (χ4n) is 4.37. The number of phosphoric ester groups is 1. The molecule has 2 atom stereocenters. The Morgan fingerprint density at radius 3 is 1.69 bits per heavy atom. The summed E-state index contributed by atoms with van der Waals surface area (Å²) in [5, 5.41) is 0. The molecule has 262 valence electrons. The number of ether oxygens (including phenoxy) is 2. The molecule has 0 bridgehead atoms. The van der Waals surface area contributed by atoms with E-state index in [1.165, 1.54) is 71.1 Å². The summed E-state index contributed by atoms with van der Waals surface area (Å²) in [5.74, 6) is -0.493. The Kier molecular flexibility index (Phi) is 28.8. The van der Waals surface area contributed by atoms with Crippen molar-refractivity contribution in [3.63, 3.8) is 0 Å². The predicted molar refractivity (Wildman–Crippen MR) is 187 cm³/mol. The minimum absolute atomic E-state index is 0.0831. The third-order valence-corrected chi connectivity index (χ3v) is 7.94. The maximum absolute atomic E-state index is 12.1. The SMILES string of the molecule is CC/C=C\C/C=C\C/C=C\C/C=C\CCCCCCCCCCCCCOCC(COP(=O)(O)OCC[N+](C)(C)C)OC(C)=O. The van der Waals surface area contributed by atoms with E-state index in [0.717, 1.165) is 38.5 Å². The van der Waals surface area contributed by atoms with E-state index in [2.05, 4.69) is 55.5 Å². The monoisotopic (exact) mass is 656 g/mol. The molecule has 2 unspecified atom stereocenters. The van der Waals surface area contributed by atoms with E-state index in [-0.39, 0.29) is 19.8 Å². The van der Waals surface area contributed by atoms with Gasteiger partial charge in [-0.25, -0.2) is 4.57 Å². The number of phosphoric acid groups is 1. The Labute approximate surface area is 276 Å². The maximum atomic E-state index is 12.1. The Morgan fingerprint density at radius 2 is 1.18 bits per heavy atom. The topological polar surface area (TPSA) is 91.3 Å². The number of likely N-dealkylation sites (N-methyl/N-ethyl adjacent to an activating group) is 1. The summed E-state index contributed by atoms with van der Waals surface area (Å²) in [6.07, 6.45) is 36.3. The van der Waals surface area contributed by atoms with Crippen molar-refractivity contribution < 1.29 is 37.3 Å². The highest BCUT2D eigenvalue weighted by molar-refractivity contribution is 7.47. The van der Waals surface area contributed by atoms with Crippen molar-refractivity contribution >= 4 is 13.8 Å². The van der Waals surface area contributed by atoms with Crippen LogP contribution in [0.4, 0.5) is 0 Å². The first-order chi connectivity index (χ1) is 21.6. The lowest BCUT2D eigenvalue weighted by atomic mass is 10.1. The molecule has 0 amide bonds. The molecule has 0 aliphatic carbocycles. The fraction of sp³-hybridized carbons (Fsp3) is 0.750. The van der Waals surface area contributed by atoms with Gasteiger partial charge in [-0.05, 0) is 44.9 Å². The zero-order chi connectivity index (χ0) is 33.5. The molecule has 0 aromatic rings. The predicted octanol–water partition coefficient (Wildman–Crippen LogP) is 9.26. The lowest BCUT2D eigenvalue weighted by Gasteiger charge is -2.24. The van der Waals surface area contributed by atoms with Crippen LogP contribution in [0.15, 0.2) is 48.6 Å². The minimum atomic E-state index is -4.22. The van der Waals surface area contributed by atoms with Crippen LogP contribution in [0.25, 0.3) is 0 Å². The molecule has 0 saturated heterocycles. The molecule has 0 rings (SSSR count). The van der Waals surface area contributed by atoms with E-state index < -0.39 is 19.9 Å². The number of rotatable bonds is 31. The Bertz CT molecular complexity index is 864. The van der Waals surface area contributed by atoms with Crippen molar-refractivity contribution in [3.8, 4) is 0 Å². The van der Waals surface area contributed by atoms with E-state index in [1.807, 2.05) is 21.1 Å². The molecule has 0 saturated carbocycles. The number of esters is 1. The first kappa shape index (κ1) is 43.5. The molecule has 0 aromatic carbocycles. The molecule has 0 aliphatic heterocycles. The molecule has 8 nitrogen and oxygen atoms in total. The second-order valence-corrected chi connectivity index (χ2v) is 14.1. The molecule has 1 N–H and O–H groups in total. The van der Waals surface area contributed by atoms with Crippen molar-refractivity contribution in [1.29, 1.82) is 0 Å². The van der Waals surface area contributed by atoms with E-state index in [1.54, 1.807) is 0 Å². The molecule has 9 heteroatoms. The summed E-state index contributed by atoms with van der Waals surface area (Å²) in [7, 11) is 1.65. The van der Waals surface area contributed by atoms with Crippen LogP contribution in [-0.4, -0.2) is 75.6 Å². The zero-order valence-corrected chi connectivity index (χ0v) is 30.2. The Balaban J connectivity index is 3.65. The van der Waals surface area contributed by atoms with Crippen molar-refractivity contribution in [2.75, 3.05) is 54.1 Å². The lowest BCUT2D eigenvalue weighted by molar-refractivity contribution is -0.870. The third kappa shape index (κ3) is 35.2. The average Bonchev–Trinajstić information content (AvgIpc) is 2.96. The summed E-state index contributed by atoms with van der Waals surface area (Å²) in [6, 6.07) is 0. The van der Waals surface area contributed by atoms with Gasteiger partial charge >= 0.3 is 13.8 Å². The number of nitrogens with zero attached hydrogens (tertiary/aromatic N) is 1. The van der Waals surface area contributed by atoms with E-state index in [9.17, 15) is 14.3 Å². The van der Waals surface area contributed by atoms with Crippen LogP contribution in [0.2, 0.25) is 0 Å². The van der Waals surface area contributed by atoms with Gasteiger partial charge in [0.05, 0.1) is 34.4 Å². The van der Waals surface area contributed by atoms with Crippen LogP contribution >= 0.6 is 7.82 Å². The number of quaternary nitrogens is 1. The van der Waals surface area contributed by atoms with Crippen molar-refractivity contribution in [2.45, 2.75) is 123 Å². The smallest absolute Gasteiger partial charge is 0.458 e. The van der Waals surface area contributed by atoms with Gasteiger partial charge in [-0.1, -0.05) is 113 Å². The van der Waals surface area contributed by atoms with Crippen LogP contribution in [0.5, 0.6) is 0 Å². The second-order valence-electron chi connectivity index (χ2n) is 12.6. The average molecular weight is 657 g/mol. The number of carbonyl (C=O) groups is 1. The highest BCUT2D eigenvalue weighted by atomic mass is 31.2. The quantitative estimate of drug-likeness (QED) is 0.0261. The van der Waals surface area contributed by atoms with E-state index in [0.29, 0.717) is 17.6 Å². The van der Waals surface area contributed by atoms with Gasteiger partial charge in [0.2, 0.25) is 0 Å². The van der Waals surface area contributed by atoms with E-state index >= 15 is 0 Å². The van der Waals surface area contributed by atoms with Crippen LogP contribution < -0.4 is 0 Å². The normalized spacial score (nSPS) is 14.7. The number of hydrogen-bond acceptors (Lipinski definition) is 6. The molecule has 0 spiro atoms. The van der Waals surface area contributed by atoms with Gasteiger partial charge in [0.1, 0.15) is 19.3 Å². The second kappa shape index (κ2) is 29.8. The largest absolute Gasteiger partial charge is 0.472 e. The summed E-state index contributed by atoms with van der Waals surface area (Å²) < 4.78 is 33.6. The molecule has 0 fully saturated rings. The van der Waals surface area contributed by atoms with Crippen LogP contribution in [0, 0.1) is 0 Å². The Morgan fingerprint density at radius 1 is 0.689 bits per heavy atom. The lowest BCUT2D eigenvalue weighted by Crippen LogP contribution is -2.37. The summed E-state index contributed by atoms with van der Waals surface area (Å²) >= 11 is 0. The van der Waals surface area contributed by atoms with Crippen molar-refractivity contribution in [3.05, 3.63) is 48.6 Å². The zero-order valence-electron chi connectivity index (χ0n) is 29.3. The molecular formula is C36H67NO7P+. The van der Waals surface area contributed by atoms with Gasteiger partial charge in [-0.2, -0.15) is 0 Å². The fourth-order valence-corrected chi connectivity index (χ4v) is 5.11. The number of unbranched alkanes of at least 4 members (excludes halogenated alkanes) is 11. The number of allylic oxidation sites excluding steroid dienone is 8. The third-order valence-electron chi connectivity index (χ3n) is 6.95. The molecule has 0 heterocycles. The maximum Gasteiger partial charge on any atom is 0.472 e. The standard InChI is InChI=1S/C36H66NO7P/c1-6-7-8-9-10-11-12-13-14-15-16-17-18-19-20-21-22-23-24-25-26-27-28-29-31-41-33-36(44-35(2)38)34-43-45(39,40)42-32-30-37(3,4)5/h7-8,10-11,13-14,16-17,36H,6,9,12,15,18-34H2,1-5H3/p+1/b8-7-,11-10-,14-13-,17-16-. The molecular weight excluding hydrogens is 589 g/mol. The van der Waals surface area contributed by atoms with Crippen LogP contribution in [-0.2, 0) is 27.9 Å². The summed E-state index contributed by atoms with van der Waals surface area (Å²) in [6.45, 7) is 4.49. The van der Waals surface area contributed by atoms with Gasteiger partial charge in [0.15, 0.2) is 0 Å². The summed E-state index contributed by atoms with van der Waals surface area (Å²) in [4.78, 5) is 21.3. The van der Waals surface area contributed by atoms with Crippen LogP contribution in [0.3, 0.4) is 0 Å². The molecule has 0 radical (unpaired) electrons. The first-order valence-corrected chi connectivity index (χ1v) is 18.8. The molecule has 0 aromatic heterocycles. The van der Waals surface area contributed by atoms with Crippen molar-refractivity contribution in [1.82, 2.24) is 0 Å². The minimum Gasteiger partial charge on any atom is -0.458 e. The highest BCUT2D eigenvalue weighted by Gasteiger charge is 2.25. The van der Waals surface area contributed by atoms with E-state index in [4.69, 9.17) is 18.5 Å². The van der Waals surface area contributed by atoms with Gasteiger partial charge in [-0.15, -0.1) is 0 Å². The molecule has 0 aliphatic rings. The van der Waals surface area contributed by atoms with Gasteiger partial charge in [-0.3, -0.25) is 13.8 Å². The van der Waals surface area contributed by atoms with Gasteiger partial charge < -0.3 is 18.9 Å². The number of carbonyl (C=O) groups excluding carboxylic acids is 1.